The van der Waals surface area contributed by atoms with Gasteiger partial charge in [-0.15, -0.1) is 0 Å². The van der Waals surface area contributed by atoms with Gasteiger partial charge in [0.2, 0.25) is 0 Å². The SMILES string of the molecule is CN(CCC1CCC1)CC1(CO)CC1. The highest BCUT2D eigenvalue weighted by Crippen LogP contribution is 2.45. The predicted molar refractivity (Wildman–Crippen MR) is 58.2 cm³/mol. The van der Waals surface area contributed by atoms with E-state index in [0.717, 1.165) is 12.5 Å². The first-order valence-corrected chi connectivity index (χ1v) is 6.03. The molecule has 2 fully saturated rings. The molecule has 0 saturated heterocycles. The Kier molecular flexibility index (Phi) is 3.13. The van der Waals surface area contributed by atoms with Crippen molar-refractivity contribution >= 4 is 0 Å². The Balaban J connectivity index is 1.60. The fourth-order valence-electron chi connectivity index (χ4n) is 2.38. The molecule has 2 saturated carbocycles. The van der Waals surface area contributed by atoms with E-state index >= 15 is 0 Å². The van der Waals surface area contributed by atoms with Gasteiger partial charge < -0.3 is 10.0 Å². The third-order valence-corrected chi connectivity index (χ3v) is 4.04. The molecule has 2 rings (SSSR count). The number of aliphatic hydroxyl groups excluding tert-OH is 1. The molecule has 0 spiro atoms. The molecule has 2 nitrogen and oxygen atoms in total. The molecule has 0 bridgehead atoms. The Labute approximate surface area is 87.3 Å². The number of hydrogen-bond donors (Lipinski definition) is 1. The maximum absolute atomic E-state index is 9.21. The Morgan fingerprint density at radius 2 is 2.07 bits per heavy atom. The van der Waals surface area contributed by atoms with E-state index in [-0.39, 0.29) is 0 Å². The monoisotopic (exact) mass is 197 g/mol. The molecular formula is C12H23NO. The van der Waals surface area contributed by atoms with E-state index in [9.17, 15) is 5.11 Å². The molecule has 0 aromatic rings. The summed E-state index contributed by atoms with van der Waals surface area (Å²) < 4.78 is 0. The van der Waals surface area contributed by atoms with Crippen molar-refractivity contribution in [3.8, 4) is 0 Å². The van der Waals surface area contributed by atoms with Crippen LogP contribution in [-0.4, -0.2) is 36.8 Å². The molecule has 14 heavy (non-hydrogen) atoms. The lowest BCUT2D eigenvalue weighted by molar-refractivity contribution is 0.153. The van der Waals surface area contributed by atoms with Crippen LogP contribution in [0, 0.1) is 11.3 Å². The minimum Gasteiger partial charge on any atom is -0.396 e. The number of rotatable bonds is 6. The molecule has 1 N–H and O–H groups in total. The normalized spacial score (nSPS) is 25.1. The average molecular weight is 197 g/mol. The van der Waals surface area contributed by atoms with Crippen molar-refractivity contribution in [2.75, 3.05) is 26.7 Å². The van der Waals surface area contributed by atoms with E-state index < -0.39 is 0 Å². The van der Waals surface area contributed by atoms with Gasteiger partial charge in [0.15, 0.2) is 0 Å². The summed E-state index contributed by atoms with van der Waals surface area (Å²) in [4.78, 5) is 2.42. The highest BCUT2D eigenvalue weighted by atomic mass is 16.3. The van der Waals surface area contributed by atoms with E-state index in [1.165, 1.54) is 45.1 Å². The van der Waals surface area contributed by atoms with Crippen molar-refractivity contribution < 1.29 is 5.11 Å². The van der Waals surface area contributed by atoms with Crippen LogP contribution in [-0.2, 0) is 0 Å². The summed E-state index contributed by atoms with van der Waals surface area (Å²) in [6, 6.07) is 0. The summed E-state index contributed by atoms with van der Waals surface area (Å²) in [5.74, 6) is 1.02. The highest BCUT2D eigenvalue weighted by Gasteiger charge is 2.42. The van der Waals surface area contributed by atoms with Crippen LogP contribution >= 0.6 is 0 Å². The third kappa shape index (κ3) is 2.48. The molecule has 82 valence electrons. The van der Waals surface area contributed by atoms with Crippen molar-refractivity contribution in [3.63, 3.8) is 0 Å². The molecule has 0 unspecified atom stereocenters. The first kappa shape index (κ1) is 10.4. The molecule has 0 heterocycles. The Hall–Kier alpha value is -0.0800. The van der Waals surface area contributed by atoms with Gasteiger partial charge in [-0.05, 0) is 38.8 Å². The lowest BCUT2D eigenvalue weighted by atomic mass is 9.83. The molecule has 2 aliphatic rings. The summed E-state index contributed by atoms with van der Waals surface area (Å²) in [6.07, 6.45) is 8.21. The molecule has 0 atom stereocenters. The van der Waals surface area contributed by atoms with Gasteiger partial charge in [-0.3, -0.25) is 0 Å². The molecule has 0 aliphatic heterocycles. The van der Waals surface area contributed by atoms with Crippen molar-refractivity contribution in [1.29, 1.82) is 0 Å². The van der Waals surface area contributed by atoms with Crippen LogP contribution in [0.5, 0.6) is 0 Å². The Morgan fingerprint density at radius 3 is 2.50 bits per heavy atom. The largest absolute Gasteiger partial charge is 0.396 e. The van der Waals surface area contributed by atoms with Crippen molar-refractivity contribution in [3.05, 3.63) is 0 Å². The topological polar surface area (TPSA) is 23.5 Å². The van der Waals surface area contributed by atoms with Gasteiger partial charge in [0.25, 0.3) is 0 Å². The minimum absolute atomic E-state index is 0.300. The highest BCUT2D eigenvalue weighted by molar-refractivity contribution is 4.94. The zero-order valence-electron chi connectivity index (χ0n) is 9.34. The molecule has 0 amide bonds. The van der Waals surface area contributed by atoms with Crippen LogP contribution < -0.4 is 0 Å². The molecule has 0 aromatic carbocycles. The van der Waals surface area contributed by atoms with Gasteiger partial charge in [0.05, 0.1) is 0 Å². The summed E-state index contributed by atoms with van der Waals surface area (Å²) in [5.41, 5.74) is 0.300. The van der Waals surface area contributed by atoms with Crippen molar-refractivity contribution in [2.45, 2.75) is 38.5 Å². The summed E-state index contributed by atoms with van der Waals surface area (Å²) >= 11 is 0. The van der Waals surface area contributed by atoms with Gasteiger partial charge in [-0.1, -0.05) is 19.3 Å². The Bertz CT molecular complexity index is 185. The van der Waals surface area contributed by atoms with Crippen LogP contribution in [0.15, 0.2) is 0 Å². The molecule has 2 heteroatoms. The first-order valence-electron chi connectivity index (χ1n) is 6.03. The third-order valence-electron chi connectivity index (χ3n) is 4.04. The molecule has 0 radical (unpaired) electrons. The average Bonchev–Trinajstić information content (AvgIpc) is 2.83. The maximum Gasteiger partial charge on any atom is 0.0499 e. The van der Waals surface area contributed by atoms with Gasteiger partial charge >= 0.3 is 0 Å². The lowest BCUT2D eigenvalue weighted by Crippen LogP contribution is -2.31. The van der Waals surface area contributed by atoms with Gasteiger partial charge in [0, 0.05) is 18.6 Å². The van der Waals surface area contributed by atoms with Crippen LogP contribution in [0.25, 0.3) is 0 Å². The van der Waals surface area contributed by atoms with Gasteiger partial charge in [-0.25, -0.2) is 0 Å². The predicted octanol–water partition coefficient (Wildman–Crippen LogP) is 1.88. The summed E-state index contributed by atoms with van der Waals surface area (Å²) in [5, 5.41) is 9.21. The van der Waals surface area contributed by atoms with E-state index in [1.54, 1.807) is 0 Å². The molecule has 2 aliphatic carbocycles. The number of hydrogen-bond acceptors (Lipinski definition) is 2. The van der Waals surface area contributed by atoms with Crippen LogP contribution in [0.2, 0.25) is 0 Å². The molecule has 0 aromatic heterocycles. The van der Waals surface area contributed by atoms with Gasteiger partial charge in [0.1, 0.15) is 0 Å². The van der Waals surface area contributed by atoms with E-state index in [4.69, 9.17) is 0 Å². The van der Waals surface area contributed by atoms with Crippen molar-refractivity contribution in [2.24, 2.45) is 11.3 Å². The smallest absolute Gasteiger partial charge is 0.0499 e. The first-order chi connectivity index (χ1) is 6.74. The fraction of sp³-hybridized carbons (Fsp3) is 1.00. The van der Waals surface area contributed by atoms with Crippen LogP contribution in [0.3, 0.4) is 0 Å². The minimum atomic E-state index is 0.300. The van der Waals surface area contributed by atoms with Crippen LogP contribution in [0.1, 0.15) is 38.5 Å². The second kappa shape index (κ2) is 4.19. The number of nitrogens with zero attached hydrogens (tertiary/aromatic N) is 1. The Morgan fingerprint density at radius 1 is 1.36 bits per heavy atom. The lowest BCUT2D eigenvalue weighted by Gasteiger charge is -2.29. The van der Waals surface area contributed by atoms with E-state index in [0.29, 0.717) is 12.0 Å². The summed E-state index contributed by atoms with van der Waals surface area (Å²) in [6.45, 7) is 2.73. The van der Waals surface area contributed by atoms with Crippen LogP contribution in [0.4, 0.5) is 0 Å². The van der Waals surface area contributed by atoms with E-state index in [1.807, 2.05) is 0 Å². The second-order valence-electron chi connectivity index (χ2n) is 5.48. The van der Waals surface area contributed by atoms with E-state index in [2.05, 4.69) is 11.9 Å². The fourth-order valence-corrected chi connectivity index (χ4v) is 2.38. The summed E-state index contributed by atoms with van der Waals surface area (Å²) in [7, 11) is 2.20. The quantitative estimate of drug-likeness (QED) is 0.703. The second-order valence-corrected chi connectivity index (χ2v) is 5.48. The number of aliphatic hydroxyl groups is 1. The zero-order chi connectivity index (χ0) is 10.0. The standard InChI is InChI=1S/C12H23NO/c1-13(8-5-11-3-2-4-11)9-12(10-14)6-7-12/h11,14H,2-10H2,1H3. The maximum atomic E-state index is 9.21. The molecular weight excluding hydrogens is 174 g/mol. The van der Waals surface area contributed by atoms with Crippen molar-refractivity contribution in [1.82, 2.24) is 4.90 Å². The zero-order valence-corrected chi connectivity index (χ0v) is 9.34. The van der Waals surface area contributed by atoms with Gasteiger partial charge in [-0.2, -0.15) is 0 Å².